The molecule has 0 amide bonds. The number of nitrogens with zero attached hydrogens (tertiary/aromatic N) is 2. The summed E-state index contributed by atoms with van der Waals surface area (Å²) in [6.45, 7) is 5.30. The zero-order valence-corrected chi connectivity index (χ0v) is 19.0. The Kier molecular flexibility index (Phi) is 6.91. The highest BCUT2D eigenvalue weighted by atomic mass is 35.5. The van der Waals surface area contributed by atoms with Crippen LogP contribution < -0.4 is 5.69 Å². The van der Waals surface area contributed by atoms with Crippen molar-refractivity contribution in [3.63, 3.8) is 0 Å². The van der Waals surface area contributed by atoms with Gasteiger partial charge >= 0.3 is 5.69 Å². The zero-order valence-electron chi connectivity index (χ0n) is 18.1. The van der Waals surface area contributed by atoms with Gasteiger partial charge in [-0.25, -0.2) is 4.79 Å². The number of rotatable bonds is 6. The Hall–Kier alpha value is -1.30. The number of aromatic amines is 1. The molecule has 5 nitrogen and oxygen atoms in total. The highest BCUT2D eigenvalue weighted by Gasteiger charge is 2.31. The van der Waals surface area contributed by atoms with Gasteiger partial charge in [-0.1, -0.05) is 13.0 Å². The predicted molar refractivity (Wildman–Crippen MR) is 124 cm³/mol. The minimum absolute atomic E-state index is 0. The van der Waals surface area contributed by atoms with Gasteiger partial charge in [0, 0.05) is 31.8 Å². The average Bonchev–Trinajstić information content (AvgIpc) is 3.55. The summed E-state index contributed by atoms with van der Waals surface area (Å²) in [6, 6.07) is 7.61. The number of ether oxygens (including phenoxy) is 1. The fourth-order valence-electron chi connectivity index (χ4n) is 5.54. The Bertz CT molecular complexity index is 887. The monoisotopic (exact) mass is 433 g/mol. The van der Waals surface area contributed by atoms with Crippen molar-refractivity contribution in [2.75, 3.05) is 19.7 Å². The minimum Gasteiger partial charge on any atom is -0.378 e. The van der Waals surface area contributed by atoms with Crippen molar-refractivity contribution in [3.8, 4) is 0 Å². The number of hydrogen-bond acceptors (Lipinski definition) is 3. The van der Waals surface area contributed by atoms with Crippen LogP contribution in [-0.4, -0.2) is 46.3 Å². The Morgan fingerprint density at radius 3 is 2.40 bits per heavy atom. The molecule has 0 bridgehead atoms. The van der Waals surface area contributed by atoms with Crippen molar-refractivity contribution < 1.29 is 4.74 Å². The van der Waals surface area contributed by atoms with Crippen LogP contribution in [-0.2, 0) is 4.74 Å². The molecule has 1 saturated heterocycles. The molecule has 2 heterocycles. The summed E-state index contributed by atoms with van der Waals surface area (Å²) in [5, 5.41) is 0. The molecule has 0 radical (unpaired) electrons. The van der Waals surface area contributed by atoms with E-state index in [2.05, 4.69) is 39.6 Å². The molecule has 3 aliphatic rings. The molecule has 2 saturated carbocycles. The van der Waals surface area contributed by atoms with E-state index in [-0.39, 0.29) is 18.1 Å². The lowest BCUT2D eigenvalue weighted by atomic mass is 9.90. The zero-order chi connectivity index (χ0) is 19.8. The molecule has 2 aromatic rings. The first-order chi connectivity index (χ1) is 14.2. The van der Waals surface area contributed by atoms with Gasteiger partial charge in [-0.2, -0.15) is 0 Å². The van der Waals surface area contributed by atoms with Crippen molar-refractivity contribution >= 4 is 23.4 Å². The van der Waals surface area contributed by atoms with Crippen LogP contribution >= 0.6 is 12.4 Å². The van der Waals surface area contributed by atoms with Gasteiger partial charge in [0.15, 0.2) is 0 Å². The standard InChI is InChI=1S/C24H35N3O2.ClH/c1-2-15-29-21-8-6-19(7-9-21)26-13-11-20(12-14-26)27-23-16-18(17-3-4-17)5-10-22(23)25-24(27)28;/h5,10,16-17,19-21H,2-4,6-9,11-15H2,1H3,(H,25,28);1H/t19-,21-;. The van der Waals surface area contributed by atoms with Gasteiger partial charge in [-0.3, -0.25) is 4.57 Å². The Morgan fingerprint density at radius 2 is 1.73 bits per heavy atom. The number of halogens is 1. The molecule has 0 spiro atoms. The fourth-order valence-corrected chi connectivity index (χ4v) is 5.54. The molecule has 0 atom stereocenters. The number of imidazole rings is 1. The van der Waals surface area contributed by atoms with Crippen LogP contribution in [0.15, 0.2) is 23.0 Å². The van der Waals surface area contributed by atoms with Crippen LogP contribution in [0.4, 0.5) is 0 Å². The molecule has 30 heavy (non-hydrogen) atoms. The van der Waals surface area contributed by atoms with Crippen molar-refractivity contribution in [1.29, 1.82) is 0 Å². The Balaban J connectivity index is 0.00000218. The SMILES string of the molecule is CCCO[C@H]1CC[C@H](N2CCC(n3c(=O)[nH]c4ccc(C5CC5)cc43)CC2)CC1.Cl. The number of hydrogen-bond donors (Lipinski definition) is 1. The Labute approximate surface area is 185 Å². The van der Waals surface area contributed by atoms with Crippen molar-refractivity contribution in [1.82, 2.24) is 14.5 Å². The van der Waals surface area contributed by atoms with Crippen LogP contribution in [0.2, 0.25) is 0 Å². The van der Waals surface area contributed by atoms with Gasteiger partial charge in [0.05, 0.1) is 17.1 Å². The van der Waals surface area contributed by atoms with E-state index < -0.39 is 0 Å². The van der Waals surface area contributed by atoms with Crippen LogP contribution in [0.25, 0.3) is 11.0 Å². The lowest BCUT2D eigenvalue weighted by Gasteiger charge is -2.41. The third kappa shape index (κ3) is 4.49. The summed E-state index contributed by atoms with van der Waals surface area (Å²) in [7, 11) is 0. The molecule has 5 rings (SSSR count). The van der Waals surface area contributed by atoms with Crippen LogP contribution in [0.3, 0.4) is 0 Å². The van der Waals surface area contributed by atoms with E-state index in [0.29, 0.717) is 18.2 Å². The predicted octanol–water partition coefficient (Wildman–Crippen LogP) is 5.00. The number of nitrogens with one attached hydrogen (secondary N) is 1. The number of H-pyrrole nitrogens is 1. The summed E-state index contributed by atoms with van der Waals surface area (Å²) in [5.41, 5.74) is 3.59. The highest BCUT2D eigenvalue weighted by molar-refractivity contribution is 5.85. The average molecular weight is 434 g/mol. The molecule has 2 aliphatic carbocycles. The van der Waals surface area contributed by atoms with E-state index in [0.717, 1.165) is 55.9 Å². The number of likely N-dealkylation sites (tertiary alicyclic amines) is 1. The lowest BCUT2D eigenvalue weighted by molar-refractivity contribution is 0.00254. The molecule has 1 aromatic carbocycles. The van der Waals surface area contributed by atoms with Gasteiger partial charge < -0.3 is 14.6 Å². The van der Waals surface area contributed by atoms with Crippen LogP contribution in [0, 0.1) is 0 Å². The van der Waals surface area contributed by atoms with E-state index in [1.54, 1.807) is 0 Å². The molecule has 6 heteroatoms. The van der Waals surface area contributed by atoms with Crippen LogP contribution in [0.5, 0.6) is 0 Å². The normalized spacial score (nSPS) is 26.0. The number of fused-ring (bicyclic) bond motifs is 1. The smallest absolute Gasteiger partial charge is 0.326 e. The summed E-state index contributed by atoms with van der Waals surface area (Å²) in [6.07, 6.45) is 11.3. The van der Waals surface area contributed by atoms with Gasteiger partial charge in [0.25, 0.3) is 0 Å². The summed E-state index contributed by atoms with van der Waals surface area (Å²) in [5.74, 6) is 0.719. The molecular formula is C24H36ClN3O2. The van der Waals surface area contributed by atoms with Gasteiger partial charge in [0.2, 0.25) is 0 Å². The van der Waals surface area contributed by atoms with E-state index in [4.69, 9.17) is 4.74 Å². The number of piperidine rings is 1. The van der Waals surface area contributed by atoms with E-state index in [1.165, 1.54) is 44.1 Å². The van der Waals surface area contributed by atoms with Gasteiger partial charge in [-0.05, 0) is 81.4 Å². The number of benzene rings is 1. The van der Waals surface area contributed by atoms with Crippen molar-refractivity contribution in [3.05, 3.63) is 34.2 Å². The molecule has 1 aliphatic heterocycles. The summed E-state index contributed by atoms with van der Waals surface area (Å²) < 4.78 is 8.02. The molecule has 3 fully saturated rings. The van der Waals surface area contributed by atoms with E-state index >= 15 is 0 Å². The highest BCUT2D eigenvalue weighted by Crippen LogP contribution is 2.41. The number of aromatic nitrogens is 2. The first-order valence-electron chi connectivity index (χ1n) is 11.8. The fraction of sp³-hybridized carbons (Fsp3) is 0.708. The van der Waals surface area contributed by atoms with Crippen LogP contribution in [0.1, 0.15) is 82.2 Å². The Morgan fingerprint density at radius 1 is 1.00 bits per heavy atom. The summed E-state index contributed by atoms with van der Waals surface area (Å²) >= 11 is 0. The maximum atomic E-state index is 12.7. The second-order valence-electron chi connectivity index (χ2n) is 9.42. The van der Waals surface area contributed by atoms with Crippen molar-refractivity contribution in [2.45, 2.75) is 88.8 Å². The third-order valence-electron chi connectivity index (χ3n) is 7.37. The molecular weight excluding hydrogens is 398 g/mol. The quantitative estimate of drug-likeness (QED) is 0.697. The maximum absolute atomic E-state index is 12.7. The third-order valence-corrected chi connectivity index (χ3v) is 7.37. The molecule has 1 N–H and O–H groups in total. The first-order valence-corrected chi connectivity index (χ1v) is 11.8. The molecule has 166 valence electrons. The lowest BCUT2D eigenvalue weighted by Crippen LogP contribution is -2.45. The van der Waals surface area contributed by atoms with E-state index in [9.17, 15) is 4.79 Å². The second-order valence-corrected chi connectivity index (χ2v) is 9.42. The maximum Gasteiger partial charge on any atom is 0.326 e. The van der Waals surface area contributed by atoms with Gasteiger partial charge in [-0.15, -0.1) is 12.4 Å². The first kappa shape index (κ1) is 21.9. The second kappa shape index (κ2) is 9.46. The molecule has 1 aromatic heterocycles. The topological polar surface area (TPSA) is 50.3 Å². The summed E-state index contributed by atoms with van der Waals surface area (Å²) in [4.78, 5) is 18.5. The van der Waals surface area contributed by atoms with E-state index in [1.807, 2.05) is 0 Å². The minimum atomic E-state index is 0. The van der Waals surface area contributed by atoms with Gasteiger partial charge in [0.1, 0.15) is 0 Å². The largest absolute Gasteiger partial charge is 0.378 e. The van der Waals surface area contributed by atoms with Crippen molar-refractivity contribution in [2.24, 2.45) is 0 Å². The molecule has 0 unspecified atom stereocenters.